The Hall–Kier alpha value is -1.62. The van der Waals surface area contributed by atoms with E-state index in [-0.39, 0.29) is 11.6 Å². The lowest BCUT2D eigenvalue weighted by molar-refractivity contribution is -0.384. The standard InChI is InChI=1S/C14H15ClN2O3/c15-11-3-4-12(13(7-11)17(19)20)16-8-10-2-1-9(5-10)6-14(16)18/h3-4,7,9-10H,1-2,5-6,8H2. The quantitative estimate of drug-likeness (QED) is 0.620. The van der Waals surface area contributed by atoms with Gasteiger partial charge in [-0.15, -0.1) is 0 Å². The zero-order valence-electron chi connectivity index (χ0n) is 10.9. The number of hydrogen-bond donors (Lipinski definition) is 0. The predicted octanol–water partition coefficient (Wildman–Crippen LogP) is 3.40. The normalized spacial score (nSPS) is 25.6. The highest BCUT2D eigenvalue weighted by atomic mass is 35.5. The van der Waals surface area contributed by atoms with Crippen LogP contribution in [-0.2, 0) is 4.79 Å². The minimum Gasteiger partial charge on any atom is -0.306 e. The van der Waals surface area contributed by atoms with Crippen molar-refractivity contribution in [1.29, 1.82) is 0 Å². The van der Waals surface area contributed by atoms with Crippen molar-refractivity contribution in [1.82, 2.24) is 0 Å². The first-order valence-electron chi connectivity index (χ1n) is 6.79. The average molecular weight is 295 g/mol. The number of nitro groups is 1. The summed E-state index contributed by atoms with van der Waals surface area (Å²) in [5.74, 6) is 0.896. The maximum Gasteiger partial charge on any atom is 0.294 e. The van der Waals surface area contributed by atoms with Crippen LogP contribution in [0.25, 0.3) is 0 Å². The highest BCUT2D eigenvalue weighted by Gasteiger charge is 2.36. The summed E-state index contributed by atoms with van der Waals surface area (Å²) < 4.78 is 0. The minimum atomic E-state index is -0.475. The molecule has 106 valence electrons. The molecule has 1 aromatic carbocycles. The summed E-state index contributed by atoms with van der Waals surface area (Å²) in [6.07, 6.45) is 3.77. The van der Waals surface area contributed by atoms with Crippen LogP contribution in [0, 0.1) is 22.0 Å². The molecule has 0 spiro atoms. The second kappa shape index (κ2) is 5.05. The van der Waals surface area contributed by atoms with Crippen LogP contribution in [0.1, 0.15) is 25.7 Å². The van der Waals surface area contributed by atoms with E-state index < -0.39 is 4.92 Å². The molecule has 3 rings (SSSR count). The molecule has 0 aromatic heterocycles. The molecule has 2 unspecified atom stereocenters. The third-order valence-electron chi connectivity index (χ3n) is 4.28. The maximum absolute atomic E-state index is 12.3. The smallest absolute Gasteiger partial charge is 0.294 e. The predicted molar refractivity (Wildman–Crippen MR) is 75.9 cm³/mol. The molecular weight excluding hydrogens is 280 g/mol. The first-order chi connectivity index (χ1) is 9.54. The van der Waals surface area contributed by atoms with Crippen molar-refractivity contribution in [2.45, 2.75) is 25.7 Å². The van der Waals surface area contributed by atoms with Crippen LogP contribution in [-0.4, -0.2) is 17.4 Å². The molecule has 1 aromatic rings. The van der Waals surface area contributed by atoms with E-state index in [0.717, 1.165) is 19.3 Å². The largest absolute Gasteiger partial charge is 0.306 e. The second-order valence-corrected chi connectivity index (χ2v) is 6.08. The van der Waals surface area contributed by atoms with Gasteiger partial charge in [0.15, 0.2) is 0 Å². The van der Waals surface area contributed by atoms with Crippen molar-refractivity contribution in [2.24, 2.45) is 11.8 Å². The first kappa shape index (κ1) is 13.4. The van der Waals surface area contributed by atoms with Crippen LogP contribution in [0.15, 0.2) is 18.2 Å². The van der Waals surface area contributed by atoms with E-state index in [4.69, 9.17) is 11.6 Å². The monoisotopic (exact) mass is 294 g/mol. The van der Waals surface area contributed by atoms with Crippen LogP contribution in [0.5, 0.6) is 0 Å². The summed E-state index contributed by atoms with van der Waals surface area (Å²) in [4.78, 5) is 24.6. The van der Waals surface area contributed by atoms with E-state index in [1.165, 1.54) is 6.07 Å². The van der Waals surface area contributed by atoms with Crippen molar-refractivity contribution < 1.29 is 9.72 Å². The lowest BCUT2D eigenvalue weighted by Crippen LogP contribution is -2.34. The van der Waals surface area contributed by atoms with E-state index in [2.05, 4.69) is 0 Å². The van der Waals surface area contributed by atoms with E-state index in [1.807, 2.05) is 0 Å². The molecule has 1 saturated heterocycles. The van der Waals surface area contributed by atoms with Crippen molar-refractivity contribution in [2.75, 3.05) is 11.4 Å². The Morgan fingerprint density at radius 2 is 2.05 bits per heavy atom. The number of fused-ring (bicyclic) bond motifs is 2. The molecular formula is C14H15ClN2O3. The fraction of sp³-hybridized carbons (Fsp3) is 0.500. The number of amides is 1. The molecule has 2 bridgehead atoms. The molecule has 20 heavy (non-hydrogen) atoms. The molecule has 2 fully saturated rings. The Balaban J connectivity index is 1.99. The molecule has 0 radical (unpaired) electrons. The average Bonchev–Trinajstić information content (AvgIpc) is 2.75. The Morgan fingerprint density at radius 3 is 2.80 bits per heavy atom. The number of benzene rings is 1. The van der Waals surface area contributed by atoms with Gasteiger partial charge in [0.2, 0.25) is 5.91 Å². The Labute approximate surface area is 121 Å². The van der Waals surface area contributed by atoms with E-state index in [1.54, 1.807) is 17.0 Å². The molecule has 1 amide bonds. The summed E-state index contributed by atoms with van der Waals surface area (Å²) in [6, 6.07) is 4.49. The molecule has 1 heterocycles. The number of nitro benzene ring substituents is 1. The molecule has 0 N–H and O–H groups in total. The molecule has 1 saturated carbocycles. The van der Waals surface area contributed by atoms with E-state index >= 15 is 0 Å². The molecule has 2 atom stereocenters. The fourth-order valence-electron chi connectivity index (χ4n) is 3.35. The Morgan fingerprint density at radius 1 is 1.30 bits per heavy atom. The number of nitrogens with zero attached hydrogens (tertiary/aromatic N) is 2. The summed E-state index contributed by atoms with van der Waals surface area (Å²) in [6.45, 7) is 0.581. The number of carbonyl (C=O) groups excluding carboxylic acids is 1. The van der Waals surface area contributed by atoms with Gasteiger partial charge in [-0.3, -0.25) is 14.9 Å². The van der Waals surface area contributed by atoms with Crippen LogP contribution in [0.2, 0.25) is 5.02 Å². The van der Waals surface area contributed by atoms with Gasteiger partial charge in [0.05, 0.1) is 4.92 Å². The minimum absolute atomic E-state index is 0.0115. The number of halogens is 1. The summed E-state index contributed by atoms with van der Waals surface area (Å²) >= 11 is 5.82. The molecule has 1 aliphatic carbocycles. The zero-order valence-corrected chi connectivity index (χ0v) is 11.7. The molecule has 1 aliphatic heterocycles. The number of carbonyl (C=O) groups is 1. The van der Waals surface area contributed by atoms with Gasteiger partial charge in [-0.25, -0.2) is 0 Å². The Bertz CT molecular complexity index is 576. The van der Waals surface area contributed by atoms with Crippen LogP contribution in [0.3, 0.4) is 0 Å². The maximum atomic E-state index is 12.3. The van der Waals surface area contributed by atoms with E-state index in [9.17, 15) is 14.9 Å². The summed E-state index contributed by atoms with van der Waals surface area (Å²) in [7, 11) is 0. The van der Waals surface area contributed by atoms with E-state index in [0.29, 0.717) is 35.5 Å². The van der Waals surface area contributed by atoms with Gasteiger partial charge >= 0.3 is 0 Å². The summed E-state index contributed by atoms with van der Waals surface area (Å²) in [5.41, 5.74) is 0.278. The van der Waals surface area contributed by atoms with Gasteiger partial charge in [-0.2, -0.15) is 0 Å². The number of rotatable bonds is 2. The molecule has 2 aliphatic rings. The van der Waals surface area contributed by atoms with Crippen LogP contribution >= 0.6 is 11.6 Å². The zero-order chi connectivity index (χ0) is 14.3. The van der Waals surface area contributed by atoms with Crippen LogP contribution in [0.4, 0.5) is 11.4 Å². The van der Waals surface area contributed by atoms with Gasteiger partial charge in [-0.05, 0) is 43.2 Å². The lowest BCUT2D eigenvalue weighted by atomic mass is 10.0. The summed E-state index contributed by atoms with van der Waals surface area (Å²) in [5, 5.41) is 11.5. The van der Waals surface area contributed by atoms with Gasteiger partial charge in [-0.1, -0.05) is 11.6 Å². The second-order valence-electron chi connectivity index (χ2n) is 5.64. The van der Waals surface area contributed by atoms with Crippen molar-refractivity contribution >= 4 is 28.9 Å². The Kier molecular flexibility index (Phi) is 3.38. The van der Waals surface area contributed by atoms with Gasteiger partial charge < -0.3 is 4.90 Å². The van der Waals surface area contributed by atoms with Crippen molar-refractivity contribution in [3.8, 4) is 0 Å². The van der Waals surface area contributed by atoms with Crippen LogP contribution < -0.4 is 4.90 Å². The highest BCUT2D eigenvalue weighted by molar-refractivity contribution is 6.31. The third-order valence-corrected chi connectivity index (χ3v) is 4.52. The van der Waals surface area contributed by atoms with Crippen molar-refractivity contribution in [3.63, 3.8) is 0 Å². The molecule has 6 heteroatoms. The SMILES string of the molecule is O=C1CC2CCC(C2)CN1c1ccc(Cl)cc1[N+](=O)[O-]. The first-order valence-corrected chi connectivity index (χ1v) is 7.16. The van der Waals surface area contributed by atoms with Crippen molar-refractivity contribution in [3.05, 3.63) is 33.3 Å². The number of hydrogen-bond acceptors (Lipinski definition) is 3. The van der Waals surface area contributed by atoms with Gasteiger partial charge in [0.25, 0.3) is 5.69 Å². The van der Waals surface area contributed by atoms with Gasteiger partial charge in [0.1, 0.15) is 5.69 Å². The topological polar surface area (TPSA) is 63.5 Å². The fourth-order valence-corrected chi connectivity index (χ4v) is 3.52. The highest BCUT2D eigenvalue weighted by Crippen LogP contribution is 2.40. The third kappa shape index (κ3) is 2.38. The van der Waals surface area contributed by atoms with Gasteiger partial charge in [0, 0.05) is 24.1 Å². The lowest BCUT2D eigenvalue weighted by Gasteiger charge is -2.24. The number of anilines is 1. The molecule has 5 nitrogen and oxygen atoms in total.